The zero-order valence-corrected chi connectivity index (χ0v) is 16.4. The number of pyridine rings is 1. The Morgan fingerprint density at radius 3 is 2.59 bits per heavy atom. The highest BCUT2D eigenvalue weighted by Gasteiger charge is 2.49. The number of likely N-dealkylation sites (N-methyl/N-ethyl adjacent to an activating group) is 1. The highest BCUT2D eigenvalue weighted by atomic mass is 16.2. The summed E-state index contributed by atoms with van der Waals surface area (Å²) in [7, 11) is 3.92. The average Bonchev–Trinajstić information content (AvgIpc) is 3.20. The first-order valence-electron chi connectivity index (χ1n) is 9.70. The third-order valence-electron chi connectivity index (χ3n) is 5.92. The molecule has 0 aliphatic carbocycles. The van der Waals surface area contributed by atoms with Gasteiger partial charge in [0.25, 0.3) is 0 Å². The van der Waals surface area contributed by atoms with Crippen molar-refractivity contribution >= 4 is 11.7 Å². The molecule has 3 atom stereocenters. The maximum Gasteiger partial charge on any atom is 0.237 e. The van der Waals surface area contributed by atoms with E-state index >= 15 is 0 Å². The van der Waals surface area contributed by atoms with E-state index in [1.165, 1.54) is 11.1 Å². The third-order valence-corrected chi connectivity index (χ3v) is 5.92. The van der Waals surface area contributed by atoms with Crippen LogP contribution in [0.25, 0.3) is 0 Å². The van der Waals surface area contributed by atoms with E-state index in [0.29, 0.717) is 18.4 Å². The van der Waals surface area contributed by atoms with E-state index < -0.39 is 0 Å². The maximum atomic E-state index is 13.0. The fourth-order valence-corrected chi connectivity index (χ4v) is 4.71. The van der Waals surface area contributed by atoms with Crippen molar-refractivity contribution in [2.45, 2.75) is 13.0 Å². The van der Waals surface area contributed by atoms with Crippen molar-refractivity contribution < 1.29 is 4.79 Å². The Bertz CT molecular complexity index is 807. The third kappa shape index (κ3) is 3.44. The molecule has 4 rings (SSSR count). The van der Waals surface area contributed by atoms with Crippen molar-refractivity contribution in [2.75, 3.05) is 45.2 Å². The number of hydrogen-bond acceptors (Lipinski definition) is 4. The molecule has 2 fully saturated rings. The SMILES string of the molecule is Cc1ccccc1[C@H]1[C@@H]2CN(c3ccccn3)C[C@@H]2CN1C(=O)CN(C)C. The van der Waals surface area contributed by atoms with E-state index in [9.17, 15) is 4.79 Å². The number of likely N-dealkylation sites (tertiary alicyclic amines) is 1. The summed E-state index contributed by atoms with van der Waals surface area (Å²) in [6.45, 7) is 5.37. The van der Waals surface area contributed by atoms with Gasteiger partial charge in [-0.15, -0.1) is 0 Å². The predicted octanol–water partition coefficient (Wildman–Crippen LogP) is 2.59. The van der Waals surface area contributed by atoms with Crippen LogP contribution in [-0.4, -0.2) is 61.0 Å². The minimum Gasteiger partial charge on any atom is -0.356 e. The highest BCUT2D eigenvalue weighted by Crippen LogP contribution is 2.46. The van der Waals surface area contributed by atoms with E-state index in [4.69, 9.17) is 0 Å². The summed E-state index contributed by atoms with van der Waals surface area (Å²) >= 11 is 0. The first-order chi connectivity index (χ1) is 13.0. The Morgan fingerprint density at radius 2 is 1.89 bits per heavy atom. The molecule has 2 aliphatic rings. The lowest BCUT2D eigenvalue weighted by atomic mass is 9.87. The van der Waals surface area contributed by atoms with Crippen molar-refractivity contribution in [3.05, 3.63) is 59.8 Å². The van der Waals surface area contributed by atoms with E-state index in [0.717, 1.165) is 25.5 Å². The van der Waals surface area contributed by atoms with Gasteiger partial charge in [0.05, 0.1) is 12.6 Å². The largest absolute Gasteiger partial charge is 0.356 e. The van der Waals surface area contributed by atoms with Crippen molar-refractivity contribution in [3.8, 4) is 0 Å². The van der Waals surface area contributed by atoms with E-state index in [1.54, 1.807) is 0 Å². The van der Waals surface area contributed by atoms with Crippen LogP contribution in [0.5, 0.6) is 0 Å². The lowest BCUT2D eigenvalue weighted by molar-refractivity contribution is -0.133. The molecule has 5 heteroatoms. The smallest absolute Gasteiger partial charge is 0.237 e. The molecule has 2 saturated heterocycles. The Balaban J connectivity index is 1.64. The van der Waals surface area contributed by atoms with Crippen LogP contribution in [0.1, 0.15) is 17.2 Å². The molecule has 1 aromatic heterocycles. The number of benzene rings is 1. The van der Waals surface area contributed by atoms with Crippen molar-refractivity contribution in [2.24, 2.45) is 11.8 Å². The Labute approximate surface area is 161 Å². The molecule has 5 nitrogen and oxygen atoms in total. The molecule has 0 bridgehead atoms. The minimum atomic E-state index is 0.150. The summed E-state index contributed by atoms with van der Waals surface area (Å²) in [6, 6.07) is 14.8. The lowest BCUT2D eigenvalue weighted by Gasteiger charge is -2.32. The second-order valence-corrected chi connectivity index (χ2v) is 8.10. The molecule has 0 spiro atoms. The van der Waals surface area contributed by atoms with Gasteiger partial charge in [-0.1, -0.05) is 30.3 Å². The van der Waals surface area contributed by atoms with Gasteiger partial charge < -0.3 is 14.7 Å². The number of nitrogens with zero attached hydrogens (tertiary/aromatic N) is 4. The first kappa shape index (κ1) is 18.0. The van der Waals surface area contributed by atoms with Crippen molar-refractivity contribution in [1.82, 2.24) is 14.8 Å². The van der Waals surface area contributed by atoms with Gasteiger partial charge in [-0.2, -0.15) is 0 Å². The van der Waals surface area contributed by atoms with Crippen molar-refractivity contribution in [3.63, 3.8) is 0 Å². The molecule has 27 heavy (non-hydrogen) atoms. The zero-order chi connectivity index (χ0) is 19.0. The number of rotatable bonds is 4. The molecule has 2 aliphatic heterocycles. The molecule has 0 unspecified atom stereocenters. The van der Waals surface area contributed by atoms with Crippen LogP contribution in [0.2, 0.25) is 0 Å². The van der Waals surface area contributed by atoms with Gasteiger partial charge in [0, 0.05) is 37.7 Å². The zero-order valence-electron chi connectivity index (χ0n) is 16.4. The Morgan fingerprint density at radius 1 is 1.11 bits per heavy atom. The van der Waals surface area contributed by atoms with Gasteiger partial charge in [-0.25, -0.2) is 4.98 Å². The van der Waals surface area contributed by atoms with Crippen LogP contribution in [0.4, 0.5) is 5.82 Å². The molecule has 142 valence electrons. The highest BCUT2D eigenvalue weighted by molar-refractivity contribution is 5.79. The number of amides is 1. The molecule has 1 amide bonds. The lowest BCUT2D eigenvalue weighted by Crippen LogP contribution is -2.40. The summed E-state index contributed by atoms with van der Waals surface area (Å²) in [5.74, 6) is 2.20. The van der Waals surface area contributed by atoms with Gasteiger partial charge in [-0.3, -0.25) is 4.79 Å². The number of aryl methyl sites for hydroxylation is 1. The number of fused-ring (bicyclic) bond motifs is 1. The summed E-state index contributed by atoms with van der Waals surface area (Å²) < 4.78 is 0. The van der Waals surface area contributed by atoms with Crippen molar-refractivity contribution in [1.29, 1.82) is 0 Å². The van der Waals surface area contributed by atoms with Gasteiger partial charge in [0.1, 0.15) is 5.82 Å². The minimum absolute atomic E-state index is 0.150. The summed E-state index contributed by atoms with van der Waals surface area (Å²) in [5.41, 5.74) is 2.56. The van der Waals surface area contributed by atoms with Gasteiger partial charge in [0.15, 0.2) is 0 Å². The molecular formula is C22H28N4O. The average molecular weight is 364 g/mol. The quantitative estimate of drug-likeness (QED) is 0.836. The molecule has 3 heterocycles. The second kappa shape index (κ2) is 7.31. The van der Waals surface area contributed by atoms with Crippen LogP contribution >= 0.6 is 0 Å². The standard InChI is InChI=1S/C22H28N4O/c1-16-8-4-5-9-18(16)22-19-14-25(20-10-6-7-11-23-20)12-17(19)13-26(22)21(27)15-24(2)3/h4-11,17,19,22H,12-15H2,1-3H3/t17-,19-,22+/m1/s1. The topological polar surface area (TPSA) is 39.7 Å². The monoisotopic (exact) mass is 364 g/mol. The molecule has 0 N–H and O–H groups in total. The Kier molecular flexibility index (Phi) is 4.87. The van der Waals surface area contributed by atoms with Crippen LogP contribution in [0.3, 0.4) is 0 Å². The number of carbonyl (C=O) groups is 1. The van der Waals surface area contributed by atoms with Gasteiger partial charge in [0.2, 0.25) is 5.91 Å². The van der Waals surface area contributed by atoms with E-state index in [1.807, 2.05) is 37.3 Å². The predicted molar refractivity (Wildman–Crippen MR) is 108 cm³/mol. The number of anilines is 1. The summed E-state index contributed by atoms with van der Waals surface area (Å²) in [5, 5.41) is 0. The van der Waals surface area contributed by atoms with Gasteiger partial charge in [-0.05, 0) is 44.3 Å². The normalized spacial score (nSPS) is 24.5. The molecular weight excluding hydrogens is 336 g/mol. The number of carbonyl (C=O) groups excluding carboxylic acids is 1. The fourth-order valence-electron chi connectivity index (χ4n) is 4.71. The number of aromatic nitrogens is 1. The molecule has 0 saturated carbocycles. The first-order valence-corrected chi connectivity index (χ1v) is 9.70. The van der Waals surface area contributed by atoms with Crippen LogP contribution in [-0.2, 0) is 4.79 Å². The number of hydrogen-bond donors (Lipinski definition) is 0. The summed E-state index contributed by atoms with van der Waals surface area (Å²) in [4.78, 5) is 24.0. The fraction of sp³-hybridized carbons (Fsp3) is 0.455. The van der Waals surface area contributed by atoms with Crippen LogP contribution in [0.15, 0.2) is 48.7 Å². The molecule has 1 aromatic carbocycles. The molecule has 2 aromatic rings. The second-order valence-electron chi connectivity index (χ2n) is 8.10. The maximum absolute atomic E-state index is 13.0. The molecule has 0 radical (unpaired) electrons. The van der Waals surface area contributed by atoms with Crippen LogP contribution in [0, 0.1) is 18.8 Å². The van der Waals surface area contributed by atoms with E-state index in [2.05, 4.69) is 52.0 Å². The van der Waals surface area contributed by atoms with Gasteiger partial charge >= 0.3 is 0 Å². The summed E-state index contributed by atoms with van der Waals surface area (Å²) in [6.07, 6.45) is 1.86. The van der Waals surface area contributed by atoms with Crippen LogP contribution < -0.4 is 4.90 Å². The van der Waals surface area contributed by atoms with E-state index in [-0.39, 0.29) is 11.9 Å². The Hall–Kier alpha value is -2.40.